The SMILES string of the molecule is CN(CCC(=O)O)C(=O)Nc1ccc(OC(F)F)c2ncccc12. The van der Waals surface area contributed by atoms with Gasteiger partial charge in [0.1, 0.15) is 5.52 Å². The summed E-state index contributed by atoms with van der Waals surface area (Å²) < 4.78 is 29.3. The summed E-state index contributed by atoms with van der Waals surface area (Å²) in [5.74, 6) is -1.12. The molecule has 128 valence electrons. The average molecular weight is 339 g/mol. The van der Waals surface area contributed by atoms with Gasteiger partial charge in [-0.05, 0) is 24.3 Å². The number of urea groups is 1. The molecule has 0 saturated heterocycles. The Morgan fingerprint density at radius 2 is 2.12 bits per heavy atom. The maximum atomic E-state index is 12.4. The summed E-state index contributed by atoms with van der Waals surface area (Å²) in [5.41, 5.74) is 0.538. The molecule has 0 aliphatic carbocycles. The van der Waals surface area contributed by atoms with Gasteiger partial charge in [0.2, 0.25) is 0 Å². The average Bonchev–Trinajstić information content (AvgIpc) is 2.54. The fourth-order valence-corrected chi connectivity index (χ4v) is 2.02. The maximum absolute atomic E-state index is 12.4. The van der Waals surface area contributed by atoms with Crippen LogP contribution in [0.4, 0.5) is 19.3 Å². The minimum absolute atomic E-state index is 0.0317. The lowest BCUT2D eigenvalue weighted by Gasteiger charge is -2.18. The van der Waals surface area contributed by atoms with Crippen LogP contribution in [0, 0.1) is 0 Å². The first kappa shape index (κ1) is 17.4. The number of pyridine rings is 1. The number of ether oxygens (including phenoxy) is 1. The number of carboxylic acids is 1. The number of carboxylic acid groups (broad SMARTS) is 1. The predicted octanol–water partition coefficient (Wildman–Crippen LogP) is 2.77. The lowest BCUT2D eigenvalue weighted by Crippen LogP contribution is -2.33. The highest BCUT2D eigenvalue weighted by Crippen LogP contribution is 2.31. The van der Waals surface area contributed by atoms with Gasteiger partial charge in [-0.3, -0.25) is 9.78 Å². The molecule has 0 bridgehead atoms. The highest BCUT2D eigenvalue weighted by molar-refractivity contribution is 6.02. The van der Waals surface area contributed by atoms with Crippen LogP contribution < -0.4 is 10.1 Å². The van der Waals surface area contributed by atoms with Crippen molar-refractivity contribution in [1.29, 1.82) is 0 Å². The monoisotopic (exact) mass is 339 g/mol. The largest absolute Gasteiger partial charge is 0.481 e. The number of nitrogens with one attached hydrogen (secondary N) is 1. The molecule has 2 amide bonds. The topological polar surface area (TPSA) is 91.8 Å². The van der Waals surface area contributed by atoms with Gasteiger partial charge in [-0.1, -0.05) is 0 Å². The number of aliphatic carboxylic acids is 1. The van der Waals surface area contributed by atoms with E-state index in [2.05, 4.69) is 15.0 Å². The number of carbonyl (C=O) groups excluding carboxylic acids is 1. The second-order valence-electron chi connectivity index (χ2n) is 4.88. The van der Waals surface area contributed by atoms with E-state index in [-0.39, 0.29) is 24.2 Å². The third-order valence-corrected chi connectivity index (χ3v) is 3.20. The molecule has 0 aliphatic heterocycles. The summed E-state index contributed by atoms with van der Waals surface area (Å²) in [5, 5.41) is 11.7. The number of nitrogens with zero attached hydrogens (tertiary/aromatic N) is 2. The fraction of sp³-hybridized carbons (Fsp3) is 0.267. The lowest BCUT2D eigenvalue weighted by atomic mass is 10.1. The Hall–Kier alpha value is -2.97. The van der Waals surface area contributed by atoms with Crippen molar-refractivity contribution in [2.75, 3.05) is 18.9 Å². The quantitative estimate of drug-likeness (QED) is 0.844. The Morgan fingerprint density at radius 1 is 1.38 bits per heavy atom. The number of amides is 2. The molecule has 2 aromatic rings. The molecule has 0 unspecified atom stereocenters. The highest BCUT2D eigenvalue weighted by Gasteiger charge is 2.15. The van der Waals surface area contributed by atoms with Crippen molar-refractivity contribution in [2.24, 2.45) is 0 Å². The van der Waals surface area contributed by atoms with Crippen LogP contribution in [0.3, 0.4) is 0 Å². The minimum Gasteiger partial charge on any atom is -0.481 e. The number of benzene rings is 1. The van der Waals surface area contributed by atoms with Crippen LogP contribution in [0.25, 0.3) is 10.9 Å². The van der Waals surface area contributed by atoms with Gasteiger partial charge in [0.25, 0.3) is 0 Å². The Kier molecular flexibility index (Phi) is 5.46. The standard InChI is InChI=1S/C15H15F2N3O4/c1-20(8-6-12(21)22)15(23)19-10-4-5-11(24-14(16)17)13-9(10)3-2-7-18-13/h2-5,7,14H,6,8H2,1H3,(H,19,23)(H,21,22). The van der Waals surface area contributed by atoms with E-state index in [9.17, 15) is 18.4 Å². The van der Waals surface area contributed by atoms with E-state index in [1.165, 1.54) is 30.3 Å². The van der Waals surface area contributed by atoms with E-state index in [4.69, 9.17) is 5.11 Å². The van der Waals surface area contributed by atoms with E-state index in [1.54, 1.807) is 12.1 Å². The van der Waals surface area contributed by atoms with Crippen molar-refractivity contribution >= 4 is 28.6 Å². The predicted molar refractivity (Wildman–Crippen MR) is 82.3 cm³/mol. The molecule has 24 heavy (non-hydrogen) atoms. The summed E-state index contributed by atoms with van der Waals surface area (Å²) in [6, 6.07) is 5.38. The molecule has 0 atom stereocenters. The molecule has 0 saturated carbocycles. The van der Waals surface area contributed by atoms with Gasteiger partial charge in [-0.25, -0.2) is 4.79 Å². The summed E-state index contributed by atoms with van der Waals surface area (Å²) in [7, 11) is 1.45. The Morgan fingerprint density at radius 3 is 2.79 bits per heavy atom. The second kappa shape index (κ2) is 7.53. The molecule has 1 aromatic carbocycles. The molecule has 9 heteroatoms. The molecule has 0 radical (unpaired) electrons. The first-order chi connectivity index (χ1) is 11.4. The summed E-state index contributed by atoms with van der Waals surface area (Å²) in [6.07, 6.45) is 1.23. The van der Waals surface area contributed by atoms with E-state index < -0.39 is 18.6 Å². The van der Waals surface area contributed by atoms with Gasteiger partial charge < -0.3 is 20.1 Å². The van der Waals surface area contributed by atoms with Crippen LogP contribution in [-0.4, -0.2) is 47.2 Å². The molecular weight excluding hydrogens is 324 g/mol. The van der Waals surface area contributed by atoms with E-state index >= 15 is 0 Å². The van der Waals surface area contributed by atoms with Crippen LogP contribution in [0.15, 0.2) is 30.5 Å². The smallest absolute Gasteiger partial charge is 0.387 e. The molecule has 1 heterocycles. The lowest BCUT2D eigenvalue weighted by molar-refractivity contribution is -0.137. The van der Waals surface area contributed by atoms with Gasteiger partial charge in [0.05, 0.1) is 12.1 Å². The van der Waals surface area contributed by atoms with Gasteiger partial charge in [-0.15, -0.1) is 0 Å². The number of rotatable bonds is 6. The Balaban J connectivity index is 2.23. The zero-order valence-corrected chi connectivity index (χ0v) is 12.7. The van der Waals surface area contributed by atoms with Crippen molar-refractivity contribution in [2.45, 2.75) is 13.0 Å². The van der Waals surface area contributed by atoms with E-state index in [0.717, 1.165) is 0 Å². The zero-order chi connectivity index (χ0) is 17.7. The number of carbonyl (C=O) groups is 2. The molecule has 0 aliphatic rings. The number of halogens is 2. The third-order valence-electron chi connectivity index (χ3n) is 3.20. The molecular formula is C15H15F2N3O4. The second-order valence-corrected chi connectivity index (χ2v) is 4.88. The number of hydrogen-bond donors (Lipinski definition) is 2. The van der Waals surface area contributed by atoms with Crippen molar-refractivity contribution in [3.05, 3.63) is 30.5 Å². The molecule has 0 spiro atoms. The highest BCUT2D eigenvalue weighted by atomic mass is 19.3. The number of alkyl halides is 2. The Labute approximate surface area is 135 Å². The summed E-state index contributed by atoms with van der Waals surface area (Å²) >= 11 is 0. The van der Waals surface area contributed by atoms with Gasteiger partial charge in [0, 0.05) is 25.2 Å². The molecule has 7 nitrogen and oxygen atoms in total. The molecule has 2 rings (SSSR count). The number of hydrogen-bond acceptors (Lipinski definition) is 4. The number of fused-ring (bicyclic) bond motifs is 1. The molecule has 2 N–H and O–H groups in total. The minimum atomic E-state index is -2.99. The van der Waals surface area contributed by atoms with Crippen LogP contribution in [0.1, 0.15) is 6.42 Å². The van der Waals surface area contributed by atoms with Gasteiger partial charge in [-0.2, -0.15) is 8.78 Å². The van der Waals surface area contributed by atoms with Crippen molar-refractivity contribution in [3.8, 4) is 5.75 Å². The van der Waals surface area contributed by atoms with Crippen LogP contribution >= 0.6 is 0 Å². The van der Waals surface area contributed by atoms with Crippen molar-refractivity contribution in [3.63, 3.8) is 0 Å². The summed E-state index contributed by atoms with van der Waals surface area (Å²) in [6.45, 7) is -2.96. The van der Waals surface area contributed by atoms with E-state index in [0.29, 0.717) is 11.1 Å². The molecule has 1 aromatic heterocycles. The number of anilines is 1. The van der Waals surface area contributed by atoms with Crippen LogP contribution in [-0.2, 0) is 4.79 Å². The van der Waals surface area contributed by atoms with Crippen LogP contribution in [0.2, 0.25) is 0 Å². The molecule has 0 fully saturated rings. The zero-order valence-electron chi connectivity index (χ0n) is 12.7. The van der Waals surface area contributed by atoms with Gasteiger partial charge >= 0.3 is 18.6 Å². The first-order valence-corrected chi connectivity index (χ1v) is 6.95. The van der Waals surface area contributed by atoms with Gasteiger partial charge in [0.15, 0.2) is 5.75 Å². The van der Waals surface area contributed by atoms with Crippen LogP contribution in [0.5, 0.6) is 5.75 Å². The Bertz CT molecular complexity index is 755. The van der Waals surface area contributed by atoms with Crippen molar-refractivity contribution in [1.82, 2.24) is 9.88 Å². The first-order valence-electron chi connectivity index (χ1n) is 6.95. The van der Waals surface area contributed by atoms with E-state index in [1.807, 2.05) is 0 Å². The normalized spacial score (nSPS) is 10.7. The third kappa shape index (κ3) is 4.28. The maximum Gasteiger partial charge on any atom is 0.387 e. The summed E-state index contributed by atoms with van der Waals surface area (Å²) in [4.78, 5) is 27.8. The fourth-order valence-electron chi connectivity index (χ4n) is 2.02. The number of aromatic nitrogens is 1. The van der Waals surface area contributed by atoms with Crippen molar-refractivity contribution < 1.29 is 28.2 Å².